The summed E-state index contributed by atoms with van der Waals surface area (Å²) in [4.78, 5) is 32.1. The maximum Gasteiger partial charge on any atom is 0.331 e. The van der Waals surface area contributed by atoms with Crippen LogP contribution in [0.1, 0.15) is 29.3 Å². The number of H-pyrrole nitrogens is 1. The van der Waals surface area contributed by atoms with E-state index in [0.717, 1.165) is 25.3 Å². The number of carbonyl (C=O) groups is 2. The summed E-state index contributed by atoms with van der Waals surface area (Å²) in [5, 5.41) is 0.591. The van der Waals surface area contributed by atoms with Crippen LogP contribution in [0.2, 0.25) is 0 Å². The maximum absolute atomic E-state index is 15.1. The van der Waals surface area contributed by atoms with E-state index in [1.165, 1.54) is 12.3 Å². The van der Waals surface area contributed by atoms with E-state index in [4.69, 9.17) is 0 Å². The van der Waals surface area contributed by atoms with Crippen LogP contribution < -0.4 is 4.72 Å². The molecule has 0 saturated heterocycles. The molecular weight excluding hydrogens is 444 g/mol. The van der Waals surface area contributed by atoms with E-state index in [2.05, 4.69) is 14.7 Å². The molecule has 0 aliphatic rings. The zero-order valence-electron chi connectivity index (χ0n) is 17.1. The highest BCUT2D eigenvalue weighted by Crippen LogP contribution is 2.29. The second-order valence-corrected chi connectivity index (χ2v) is 8.60. The molecule has 0 fully saturated rings. The summed E-state index contributed by atoms with van der Waals surface area (Å²) in [7, 11) is -2.82. The monoisotopic (exact) mass is 463 g/mol. The normalized spacial score (nSPS) is 12.1. The van der Waals surface area contributed by atoms with Gasteiger partial charge < -0.3 is 9.72 Å². The van der Waals surface area contributed by atoms with Gasteiger partial charge in [-0.3, -0.25) is 9.52 Å². The number of rotatable bonds is 8. The number of ketones is 1. The van der Waals surface area contributed by atoms with Crippen LogP contribution in [-0.4, -0.2) is 43.0 Å². The number of carbonyl (C=O) groups excluding carboxylic acids is 2. The number of anilines is 1. The molecule has 1 aromatic carbocycles. The Bertz CT molecular complexity index is 1330. The predicted octanol–water partition coefficient (Wildman–Crippen LogP) is 3.43. The standard InChI is InChI=1S/C21H19F2N3O5S/c1-3-8-32(29,30)26-16-5-4-15(22)18(19(16)23)20(28)14(10-17(27)31-2)13-9-12-6-7-24-21(12)25-11-13/h4-7,9-11,26H,3,8H2,1-2H3,(H,24,25). The number of halogens is 2. The first kappa shape index (κ1) is 23.1. The molecule has 2 aromatic heterocycles. The quantitative estimate of drug-likeness (QED) is 0.300. The summed E-state index contributed by atoms with van der Waals surface area (Å²) in [6, 6.07) is 4.82. The molecule has 2 N–H and O–H groups in total. The number of hydrogen-bond acceptors (Lipinski definition) is 6. The lowest BCUT2D eigenvalue weighted by atomic mass is 9.95. The molecule has 3 rings (SSSR count). The zero-order chi connectivity index (χ0) is 23.5. The fourth-order valence-corrected chi connectivity index (χ4v) is 4.14. The summed E-state index contributed by atoms with van der Waals surface area (Å²) in [5.74, 6) is -5.02. The first-order valence-corrected chi connectivity index (χ1v) is 11.1. The molecule has 0 atom stereocenters. The average molecular weight is 463 g/mol. The van der Waals surface area contributed by atoms with Gasteiger partial charge >= 0.3 is 5.97 Å². The molecule has 11 heteroatoms. The van der Waals surface area contributed by atoms with Crippen molar-refractivity contribution in [2.75, 3.05) is 17.6 Å². The van der Waals surface area contributed by atoms with Crippen LogP contribution in [-0.2, 0) is 19.6 Å². The summed E-state index contributed by atoms with van der Waals surface area (Å²) < 4.78 is 60.3. The minimum atomic E-state index is -3.90. The second-order valence-electron chi connectivity index (χ2n) is 6.75. The van der Waals surface area contributed by atoms with Crippen LogP contribution in [0.4, 0.5) is 14.5 Å². The van der Waals surface area contributed by atoms with Gasteiger partial charge in [0.05, 0.1) is 24.1 Å². The van der Waals surface area contributed by atoms with Gasteiger partial charge in [0.2, 0.25) is 10.0 Å². The molecule has 0 spiro atoms. The van der Waals surface area contributed by atoms with Gasteiger partial charge in [0.1, 0.15) is 11.5 Å². The summed E-state index contributed by atoms with van der Waals surface area (Å²) in [5.41, 5.74) is -1.36. The third-order valence-electron chi connectivity index (χ3n) is 4.48. The molecule has 8 nitrogen and oxygen atoms in total. The Balaban J connectivity index is 2.13. The number of hydrogen-bond donors (Lipinski definition) is 2. The Morgan fingerprint density at radius 2 is 2.00 bits per heavy atom. The van der Waals surface area contributed by atoms with Crippen LogP contribution in [0.15, 0.2) is 42.7 Å². The van der Waals surface area contributed by atoms with Crippen molar-refractivity contribution < 1.29 is 31.5 Å². The van der Waals surface area contributed by atoms with Crippen LogP contribution in [0, 0.1) is 11.6 Å². The molecular formula is C21H19F2N3O5S. The van der Waals surface area contributed by atoms with Gasteiger partial charge in [-0.05, 0) is 30.7 Å². The number of pyridine rings is 1. The van der Waals surface area contributed by atoms with E-state index >= 15 is 4.39 Å². The summed E-state index contributed by atoms with van der Waals surface area (Å²) >= 11 is 0. The lowest BCUT2D eigenvalue weighted by molar-refractivity contribution is -0.134. The van der Waals surface area contributed by atoms with Gasteiger partial charge in [0.15, 0.2) is 11.6 Å². The highest BCUT2D eigenvalue weighted by Gasteiger charge is 2.27. The molecule has 0 bridgehead atoms. The lowest BCUT2D eigenvalue weighted by Crippen LogP contribution is -2.19. The van der Waals surface area contributed by atoms with E-state index in [-0.39, 0.29) is 23.3 Å². The number of nitrogens with one attached hydrogen (secondary N) is 2. The molecule has 32 heavy (non-hydrogen) atoms. The number of Topliss-reactive ketones (excluding diaryl/α,β-unsaturated/α-hetero) is 1. The van der Waals surface area contributed by atoms with Gasteiger partial charge in [-0.1, -0.05) is 6.92 Å². The number of nitrogens with zero attached hydrogens (tertiary/aromatic N) is 1. The third-order valence-corrected chi connectivity index (χ3v) is 5.95. The Hall–Kier alpha value is -3.60. The van der Waals surface area contributed by atoms with Gasteiger partial charge in [-0.25, -0.2) is 27.0 Å². The maximum atomic E-state index is 15.1. The first-order valence-electron chi connectivity index (χ1n) is 9.43. The number of aromatic nitrogens is 2. The van der Waals surface area contributed by atoms with E-state index in [0.29, 0.717) is 11.0 Å². The smallest absolute Gasteiger partial charge is 0.331 e. The first-order chi connectivity index (χ1) is 15.2. The molecule has 168 valence electrons. The number of ether oxygens (including phenoxy) is 1. The van der Waals surface area contributed by atoms with Crippen molar-refractivity contribution in [3.8, 4) is 0 Å². The van der Waals surface area contributed by atoms with E-state index < -0.39 is 44.7 Å². The van der Waals surface area contributed by atoms with Crippen molar-refractivity contribution in [2.45, 2.75) is 13.3 Å². The van der Waals surface area contributed by atoms with Crippen molar-refractivity contribution >= 4 is 44.1 Å². The molecule has 0 unspecified atom stereocenters. The Kier molecular flexibility index (Phi) is 6.68. The summed E-state index contributed by atoms with van der Waals surface area (Å²) in [6.45, 7) is 1.62. The highest BCUT2D eigenvalue weighted by atomic mass is 32.2. The molecule has 0 saturated carbocycles. The lowest BCUT2D eigenvalue weighted by Gasteiger charge is -2.13. The van der Waals surface area contributed by atoms with Crippen molar-refractivity contribution in [1.29, 1.82) is 0 Å². The number of aromatic amines is 1. The molecule has 0 aliphatic carbocycles. The van der Waals surface area contributed by atoms with Crippen LogP contribution in [0.25, 0.3) is 16.6 Å². The van der Waals surface area contributed by atoms with Gasteiger partial charge in [0, 0.05) is 35.0 Å². The number of methoxy groups -OCH3 is 1. The topological polar surface area (TPSA) is 118 Å². The Labute approximate surface area is 182 Å². The summed E-state index contributed by atoms with van der Waals surface area (Å²) in [6.07, 6.45) is 3.93. The Morgan fingerprint density at radius 1 is 1.25 bits per heavy atom. The SMILES string of the molecule is CCCS(=O)(=O)Nc1ccc(F)c(C(=O)C(=CC(=O)OC)c2cnc3[nH]ccc3c2)c1F. The fourth-order valence-electron chi connectivity index (χ4n) is 3.01. The van der Waals surface area contributed by atoms with Gasteiger partial charge in [-0.15, -0.1) is 0 Å². The van der Waals surface area contributed by atoms with Crippen LogP contribution in [0.5, 0.6) is 0 Å². The number of benzene rings is 1. The molecule has 0 amide bonds. The Morgan fingerprint density at radius 3 is 2.69 bits per heavy atom. The average Bonchev–Trinajstić information content (AvgIpc) is 3.21. The van der Waals surface area contributed by atoms with Crippen molar-refractivity contribution in [3.63, 3.8) is 0 Å². The number of esters is 1. The van der Waals surface area contributed by atoms with Crippen molar-refractivity contribution in [3.05, 3.63) is 65.5 Å². The van der Waals surface area contributed by atoms with Gasteiger partial charge in [-0.2, -0.15) is 0 Å². The molecule has 0 aliphatic heterocycles. The minimum absolute atomic E-state index is 0.114. The molecule has 2 heterocycles. The van der Waals surface area contributed by atoms with E-state index in [1.807, 2.05) is 4.72 Å². The highest BCUT2D eigenvalue weighted by molar-refractivity contribution is 7.92. The fraction of sp³-hybridized carbons (Fsp3) is 0.190. The number of sulfonamides is 1. The second kappa shape index (κ2) is 9.27. The van der Waals surface area contributed by atoms with Crippen LogP contribution in [0.3, 0.4) is 0 Å². The van der Waals surface area contributed by atoms with Crippen molar-refractivity contribution in [2.24, 2.45) is 0 Å². The number of fused-ring (bicyclic) bond motifs is 1. The largest absolute Gasteiger partial charge is 0.466 e. The predicted molar refractivity (Wildman–Crippen MR) is 114 cm³/mol. The molecule has 0 radical (unpaired) electrons. The van der Waals surface area contributed by atoms with Crippen molar-refractivity contribution in [1.82, 2.24) is 9.97 Å². The van der Waals surface area contributed by atoms with E-state index in [9.17, 15) is 22.4 Å². The number of allylic oxidation sites excluding steroid dienone is 1. The third kappa shape index (κ3) is 4.83. The zero-order valence-corrected chi connectivity index (χ0v) is 17.9. The van der Waals surface area contributed by atoms with Crippen LogP contribution >= 0.6 is 0 Å². The van der Waals surface area contributed by atoms with Gasteiger partial charge in [0.25, 0.3) is 0 Å². The molecule has 3 aromatic rings. The van der Waals surface area contributed by atoms with E-state index in [1.54, 1.807) is 19.2 Å². The minimum Gasteiger partial charge on any atom is -0.466 e.